The zero-order valence-corrected chi connectivity index (χ0v) is 15.4. The Morgan fingerprint density at radius 2 is 1.71 bits per heavy atom. The molecule has 0 amide bonds. The number of hydrogen-bond acceptors (Lipinski definition) is 3. The van der Waals surface area contributed by atoms with Crippen LogP contribution in [0.5, 0.6) is 0 Å². The molecule has 2 N–H and O–H groups in total. The van der Waals surface area contributed by atoms with Crippen molar-refractivity contribution in [2.45, 2.75) is 76.0 Å². The molecule has 1 heterocycles. The summed E-state index contributed by atoms with van der Waals surface area (Å²) in [6, 6.07) is 11.8. The molecule has 3 nitrogen and oxygen atoms in total. The maximum Gasteiger partial charge on any atom is 0.0695 e. The fourth-order valence-electron chi connectivity index (χ4n) is 4.34. The minimum Gasteiger partial charge on any atom is -0.391 e. The maximum atomic E-state index is 10.3. The molecule has 24 heavy (non-hydrogen) atoms. The minimum atomic E-state index is -0.0970. The summed E-state index contributed by atoms with van der Waals surface area (Å²) in [5, 5.41) is 14.1. The monoisotopic (exact) mass is 330 g/mol. The van der Waals surface area contributed by atoms with Gasteiger partial charge in [-0.05, 0) is 31.2 Å². The van der Waals surface area contributed by atoms with E-state index in [1.807, 2.05) is 0 Å². The number of likely N-dealkylation sites (tertiary alicyclic amines) is 1. The molecule has 3 heteroatoms. The van der Waals surface area contributed by atoms with Gasteiger partial charge in [0.05, 0.1) is 6.10 Å². The quantitative estimate of drug-likeness (QED) is 0.869. The lowest BCUT2D eigenvalue weighted by Crippen LogP contribution is -2.52. The van der Waals surface area contributed by atoms with Crippen molar-refractivity contribution in [3.8, 4) is 0 Å². The van der Waals surface area contributed by atoms with E-state index in [0.29, 0.717) is 12.1 Å². The van der Waals surface area contributed by atoms with Gasteiger partial charge in [-0.2, -0.15) is 0 Å². The molecule has 2 aliphatic rings. The van der Waals surface area contributed by atoms with Crippen LogP contribution in [0.4, 0.5) is 0 Å². The second kappa shape index (κ2) is 7.99. The van der Waals surface area contributed by atoms with Gasteiger partial charge in [0.2, 0.25) is 0 Å². The Hall–Kier alpha value is -0.900. The summed E-state index contributed by atoms with van der Waals surface area (Å²) >= 11 is 0. The maximum absolute atomic E-state index is 10.3. The highest BCUT2D eigenvalue weighted by Gasteiger charge is 2.31. The van der Waals surface area contributed by atoms with Crippen LogP contribution < -0.4 is 5.32 Å². The van der Waals surface area contributed by atoms with Crippen molar-refractivity contribution in [2.24, 2.45) is 0 Å². The van der Waals surface area contributed by atoms with Crippen molar-refractivity contribution in [3.63, 3.8) is 0 Å². The van der Waals surface area contributed by atoms with Gasteiger partial charge in [-0.3, -0.25) is 4.90 Å². The second-order valence-corrected chi connectivity index (χ2v) is 8.36. The lowest BCUT2D eigenvalue weighted by Gasteiger charge is -2.42. The van der Waals surface area contributed by atoms with Crippen molar-refractivity contribution < 1.29 is 5.11 Å². The molecule has 1 saturated heterocycles. The van der Waals surface area contributed by atoms with Crippen LogP contribution in [0.2, 0.25) is 0 Å². The van der Waals surface area contributed by atoms with Gasteiger partial charge < -0.3 is 10.4 Å². The number of nitrogens with zero attached hydrogens (tertiary/aromatic N) is 1. The van der Waals surface area contributed by atoms with Gasteiger partial charge in [0.25, 0.3) is 0 Å². The first-order valence-corrected chi connectivity index (χ1v) is 9.77. The molecule has 2 fully saturated rings. The highest BCUT2D eigenvalue weighted by molar-refractivity contribution is 5.23. The van der Waals surface area contributed by atoms with E-state index in [9.17, 15) is 5.11 Å². The molecule has 1 aliphatic heterocycles. The Kier molecular flexibility index (Phi) is 5.96. The van der Waals surface area contributed by atoms with E-state index >= 15 is 0 Å². The van der Waals surface area contributed by atoms with E-state index in [1.54, 1.807) is 0 Å². The van der Waals surface area contributed by atoms with Crippen molar-refractivity contribution >= 4 is 0 Å². The predicted octanol–water partition coefficient (Wildman–Crippen LogP) is 3.32. The van der Waals surface area contributed by atoms with E-state index in [2.05, 4.69) is 54.4 Å². The first-order valence-electron chi connectivity index (χ1n) is 9.77. The Labute approximate surface area is 147 Å². The number of aliphatic hydroxyl groups is 1. The van der Waals surface area contributed by atoms with Crippen LogP contribution in [0, 0.1) is 0 Å². The van der Waals surface area contributed by atoms with Gasteiger partial charge in [0.1, 0.15) is 0 Å². The average Bonchev–Trinajstić information content (AvgIpc) is 2.62. The minimum absolute atomic E-state index is 0.0970. The zero-order chi connectivity index (χ0) is 17.0. The van der Waals surface area contributed by atoms with E-state index < -0.39 is 0 Å². The number of piperidine rings is 1. The number of benzene rings is 1. The lowest BCUT2D eigenvalue weighted by atomic mass is 9.84. The fraction of sp³-hybridized carbons (Fsp3) is 0.714. The second-order valence-electron chi connectivity index (χ2n) is 8.36. The van der Waals surface area contributed by atoms with E-state index in [-0.39, 0.29) is 11.5 Å². The number of rotatable bonds is 5. The summed E-state index contributed by atoms with van der Waals surface area (Å²) < 4.78 is 0. The third-order valence-electron chi connectivity index (χ3n) is 6.08. The van der Waals surface area contributed by atoms with E-state index in [1.165, 1.54) is 37.7 Å². The Bertz CT molecular complexity index is 494. The third-order valence-corrected chi connectivity index (χ3v) is 6.08. The molecular weight excluding hydrogens is 296 g/mol. The Morgan fingerprint density at radius 3 is 2.38 bits per heavy atom. The van der Waals surface area contributed by atoms with Crippen molar-refractivity contribution in [3.05, 3.63) is 35.9 Å². The van der Waals surface area contributed by atoms with Gasteiger partial charge in [-0.15, -0.1) is 0 Å². The largest absolute Gasteiger partial charge is 0.391 e. The van der Waals surface area contributed by atoms with Crippen LogP contribution in [0.15, 0.2) is 30.3 Å². The molecule has 1 aromatic rings. The van der Waals surface area contributed by atoms with Crippen LogP contribution in [0.25, 0.3) is 0 Å². The summed E-state index contributed by atoms with van der Waals surface area (Å²) in [5.74, 6) is 0. The third kappa shape index (κ3) is 4.38. The normalized spacial score (nSPS) is 27.3. The topological polar surface area (TPSA) is 35.5 Å². The van der Waals surface area contributed by atoms with Crippen LogP contribution in [-0.4, -0.2) is 47.8 Å². The van der Waals surface area contributed by atoms with Crippen molar-refractivity contribution in [2.75, 3.05) is 19.6 Å². The van der Waals surface area contributed by atoms with Gasteiger partial charge >= 0.3 is 0 Å². The molecule has 1 saturated carbocycles. The van der Waals surface area contributed by atoms with Gasteiger partial charge in [-0.1, -0.05) is 57.0 Å². The molecule has 2 unspecified atom stereocenters. The van der Waals surface area contributed by atoms with Crippen LogP contribution in [-0.2, 0) is 5.41 Å². The molecule has 1 aromatic carbocycles. The summed E-state index contributed by atoms with van der Waals surface area (Å²) in [4.78, 5) is 2.55. The number of aliphatic hydroxyl groups excluding tert-OH is 1. The average molecular weight is 331 g/mol. The van der Waals surface area contributed by atoms with Crippen LogP contribution in [0.1, 0.15) is 57.9 Å². The zero-order valence-electron chi connectivity index (χ0n) is 15.4. The first kappa shape index (κ1) is 17.9. The molecule has 0 bridgehead atoms. The Morgan fingerprint density at radius 1 is 1.04 bits per heavy atom. The predicted molar refractivity (Wildman–Crippen MR) is 100 cm³/mol. The molecular formula is C21H34N2O. The first-order chi connectivity index (χ1) is 11.6. The summed E-state index contributed by atoms with van der Waals surface area (Å²) in [7, 11) is 0. The van der Waals surface area contributed by atoms with Gasteiger partial charge in [0, 0.05) is 37.1 Å². The summed E-state index contributed by atoms with van der Waals surface area (Å²) in [5.41, 5.74) is 1.57. The molecule has 0 aromatic heterocycles. The van der Waals surface area contributed by atoms with Gasteiger partial charge in [-0.25, -0.2) is 0 Å². The Balaban J connectivity index is 1.45. The molecule has 0 spiro atoms. The highest BCUT2D eigenvalue weighted by Crippen LogP contribution is 2.27. The molecule has 134 valence electrons. The van der Waals surface area contributed by atoms with E-state index in [4.69, 9.17) is 0 Å². The fourth-order valence-corrected chi connectivity index (χ4v) is 4.34. The molecule has 3 rings (SSSR count). The smallest absolute Gasteiger partial charge is 0.0695 e. The molecule has 1 aliphatic carbocycles. The van der Waals surface area contributed by atoms with Crippen molar-refractivity contribution in [1.82, 2.24) is 10.2 Å². The van der Waals surface area contributed by atoms with Crippen LogP contribution in [0.3, 0.4) is 0 Å². The summed E-state index contributed by atoms with van der Waals surface area (Å²) in [6.07, 6.45) is 6.96. The standard InChI is InChI=1S/C21H34N2O/c1-21(2,17-8-4-3-5-9-17)16-22-18-12-14-23(15-13-18)19-10-6-7-11-20(19)24/h3-5,8-9,18-20,22,24H,6-7,10-16H2,1-2H3. The van der Waals surface area contributed by atoms with Crippen molar-refractivity contribution in [1.29, 1.82) is 0 Å². The highest BCUT2D eigenvalue weighted by atomic mass is 16.3. The molecule has 2 atom stereocenters. The van der Waals surface area contributed by atoms with E-state index in [0.717, 1.165) is 26.1 Å². The summed E-state index contributed by atoms with van der Waals surface area (Å²) in [6.45, 7) is 7.93. The van der Waals surface area contributed by atoms with Crippen LogP contribution >= 0.6 is 0 Å². The number of hydrogen-bond donors (Lipinski definition) is 2. The number of nitrogens with one attached hydrogen (secondary N) is 1. The SMILES string of the molecule is CC(C)(CNC1CCN(C2CCCCC2O)CC1)c1ccccc1. The van der Waals surface area contributed by atoms with Gasteiger partial charge in [0.15, 0.2) is 0 Å². The molecule has 0 radical (unpaired) electrons. The lowest BCUT2D eigenvalue weighted by molar-refractivity contribution is 0.00702.